The molecule has 1 aromatic carbocycles. The van der Waals surface area contributed by atoms with E-state index in [0.717, 1.165) is 32.5 Å². The normalized spacial score (nSPS) is 20.5. The summed E-state index contributed by atoms with van der Waals surface area (Å²) in [7, 11) is 0. The van der Waals surface area contributed by atoms with Gasteiger partial charge in [-0.05, 0) is 23.8 Å². The molecule has 5 heteroatoms. The number of nitrogens with zero attached hydrogens (tertiary/aromatic N) is 2. The third kappa shape index (κ3) is 1.57. The molecule has 2 aromatic rings. The average molecular weight is 289 g/mol. The predicted molar refractivity (Wildman–Crippen MR) is 75.8 cm³/mol. The standard InChI is InChI=1S/C14H9ClN2OS/c15-13-6-5-12(19-13)10-7-11-8-3-1-2-4-9(8)14(18)17(11)16-10/h1-6,11H,7H2/t11-/m0/s1. The van der Waals surface area contributed by atoms with Crippen molar-refractivity contribution >= 4 is 34.6 Å². The third-order valence-corrected chi connectivity index (χ3v) is 4.81. The Morgan fingerprint density at radius 1 is 1.26 bits per heavy atom. The zero-order valence-electron chi connectivity index (χ0n) is 9.84. The molecule has 0 bridgehead atoms. The second kappa shape index (κ2) is 3.92. The van der Waals surface area contributed by atoms with Gasteiger partial charge >= 0.3 is 0 Å². The molecule has 0 N–H and O–H groups in total. The van der Waals surface area contributed by atoms with Gasteiger partial charge in [0, 0.05) is 12.0 Å². The van der Waals surface area contributed by atoms with Crippen molar-refractivity contribution in [3.05, 3.63) is 56.7 Å². The quantitative estimate of drug-likeness (QED) is 0.787. The van der Waals surface area contributed by atoms with Gasteiger partial charge in [-0.2, -0.15) is 5.10 Å². The van der Waals surface area contributed by atoms with Crippen LogP contribution in [0.5, 0.6) is 0 Å². The highest BCUT2D eigenvalue weighted by atomic mass is 35.5. The minimum Gasteiger partial charge on any atom is -0.267 e. The van der Waals surface area contributed by atoms with Crippen LogP contribution in [0.2, 0.25) is 4.34 Å². The van der Waals surface area contributed by atoms with E-state index in [1.807, 2.05) is 36.4 Å². The second-order valence-corrected chi connectivity index (χ2v) is 6.32. The molecule has 0 unspecified atom stereocenters. The molecular formula is C14H9ClN2OS. The van der Waals surface area contributed by atoms with Crippen molar-refractivity contribution in [3.63, 3.8) is 0 Å². The van der Waals surface area contributed by atoms with Gasteiger partial charge < -0.3 is 0 Å². The van der Waals surface area contributed by atoms with Gasteiger partial charge in [0.05, 0.1) is 21.0 Å². The molecule has 0 spiro atoms. The van der Waals surface area contributed by atoms with E-state index in [9.17, 15) is 4.79 Å². The highest BCUT2D eigenvalue weighted by molar-refractivity contribution is 7.18. The Morgan fingerprint density at radius 2 is 2.11 bits per heavy atom. The summed E-state index contributed by atoms with van der Waals surface area (Å²) in [6.45, 7) is 0. The number of carbonyl (C=O) groups excluding carboxylic acids is 1. The lowest BCUT2D eigenvalue weighted by molar-refractivity contribution is 0.0756. The van der Waals surface area contributed by atoms with Crippen LogP contribution in [-0.2, 0) is 0 Å². The van der Waals surface area contributed by atoms with Gasteiger partial charge in [-0.25, -0.2) is 5.01 Å². The summed E-state index contributed by atoms with van der Waals surface area (Å²) >= 11 is 7.46. The van der Waals surface area contributed by atoms with E-state index in [1.54, 1.807) is 5.01 Å². The van der Waals surface area contributed by atoms with E-state index >= 15 is 0 Å². The largest absolute Gasteiger partial charge is 0.274 e. The summed E-state index contributed by atoms with van der Waals surface area (Å²) in [5.41, 5.74) is 2.80. The Morgan fingerprint density at radius 3 is 2.89 bits per heavy atom. The molecule has 0 radical (unpaired) electrons. The lowest BCUT2D eigenvalue weighted by atomic mass is 10.0. The van der Waals surface area contributed by atoms with Gasteiger partial charge in [-0.1, -0.05) is 29.8 Å². The zero-order valence-corrected chi connectivity index (χ0v) is 11.4. The summed E-state index contributed by atoms with van der Waals surface area (Å²) in [4.78, 5) is 13.3. The van der Waals surface area contributed by atoms with Gasteiger partial charge in [0.15, 0.2) is 0 Å². The molecule has 94 valence electrons. The molecule has 1 aromatic heterocycles. The zero-order chi connectivity index (χ0) is 13.0. The fraction of sp³-hybridized carbons (Fsp3) is 0.143. The summed E-state index contributed by atoms with van der Waals surface area (Å²) in [5, 5.41) is 6.09. The highest BCUT2D eigenvalue weighted by Gasteiger charge is 2.41. The van der Waals surface area contributed by atoms with Crippen LogP contribution in [0, 0.1) is 0 Å². The number of thiophene rings is 1. The van der Waals surface area contributed by atoms with Crippen molar-refractivity contribution in [2.75, 3.05) is 0 Å². The minimum atomic E-state index is -0.00162. The summed E-state index contributed by atoms with van der Waals surface area (Å²) in [6, 6.07) is 11.6. The van der Waals surface area contributed by atoms with Gasteiger partial charge in [0.25, 0.3) is 5.91 Å². The number of halogens is 1. The summed E-state index contributed by atoms with van der Waals surface area (Å²) in [5.74, 6) is -0.00162. The number of amides is 1. The van der Waals surface area contributed by atoms with Crippen LogP contribution in [0.1, 0.15) is 33.3 Å². The Kier molecular flexibility index (Phi) is 2.31. The first-order chi connectivity index (χ1) is 9.24. The molecule has 3 nitrogen and oxygen atoms in total. The van der Waals surface area contributed by atoms with E-state index in [-0.39, 0.29) is 11.9 Å². The van der Waals surface area contributed by atoms with Crippen LogP contribution in [0.4, 0.5) is 0 Å². The monoisotopic (exact) mass is 288 g/mol. The Bertz CT molecular complexity index is 722. The molecule has 2 aliphatic heterocycles. The number of hydrazone groups is 1. The van der Waals surface area contributed by atoms with E-state index in [2.05, 4.69) is 5.10 Å². The second-order valence-electron chi connectivity index (χ2n) is 4.61. The predicted octanol–water partition coefficient (Wildman–Crippen LogP) is 3.71. The van der Waals surface area contributed by atoms with Crippen molar-refractivity contribution < 1.29 is 4.79 Å². The highest BCUT2D eigenvalue weighted by Crippen LogP contribution is 2.41. The van der Waals surface area contributed by atoms with E-state index in [1.165, 1.54) is 11.3 Å². The number of carbonyl (C=O) groups is 1. The van der Waals surface area contributed by atoms with E-state index < -0.39 is 0 Å². The topological polar surface area (TPSA) is 32.7 Å². The van der Waals surface area contributed by atoms with Crippen molar-refractivity contribution in [1.29, 1.82) is 0 Å². The van der Waals surface area contributed by atoms with Crippen molar-refractivity contribution in [2.45, 2.75) is 12.5 Å². The van der Waals surface area contributed by atoms with Crippen LogP contribution in [-0.4, -0.2) is 16.6 Å². The average Bonchev–Trinajstić information content (AvgIpc) is 3.08. The van der Waals surface area contributed by atoms with E-state index in [0.29, 0.717) is 0 Å². The fourth-order valence-corrected chi connectivity index (χ4v) is 3.70. The fourth-order valence-electron chi connectivity index (χ4n) is 2.66. The number of fused-ring (bicyclic) bond motifs is 3. The first kappa shape index (κ1) is 11.2. The van der Waals surface area contributed by atoms with Crippen LogP contribution in [0.25, 0.3) is 0 Å². The molecular weight excluding hydrogens is 280 g/mol. The lowest BCUT2D eigenvalue weighted by Gasteiger charge is -2.10. The van der Waals surface area contributed by atoms with Gasteiger partial charge in [-0.15, -0.1) is 11.3 Å². The Balaban J connectivity index is 1.75. The van der Waals surface area contributed by atoms with Crippen LogP contribution < -0.4 is 0 Å². The maximum atomic E-state index is 12.3. The van der Waals surface area contributed by atoms with E-state index in [4.69, 9.17) is 11.6 Å². The molecule has 2 aliphatic rings. The Hall–Kier alpha value is -1.65. The summed E-state index contributed by atoms with van der Waals surface area (Å²) < 4.78 is 0.747. The molecule has 19 heavy (non-hydrogen) atoms. The molecule has 1 amide bonds. The smallest absolute Gasteiger partial charge is 0.267 e. The van der Waals surface area contributed by atoms with Crippen molar-refractivity contribution in [2.24, 2.45) is 5.10 Å². The van der Waals surface area contributed by atoms with Gasteiger partial charge in [0.2, 0.25) is 0 Å². The van der Waals surface area contributed by atoms with Crippen LogP contribution in [0.3, 0.4) is 0 Å². The molecule has 1 atom stereocenters. The summed E-state index contributed by atoms with van der Waals surface area (Å²) in [6.07, 6.45) is 0.763. The van der Waals surface area contributed by atoms with Crippen LogP contribution >= 0.6 is 22.9 Å². The SMILES string of the molecule is O=C1c2ccccc2[C@@H]2CC(c3ccc(Cl)s3)=NN12. The maximum Gasteiger partial charge on any atom is 0.274 e. The number of hydrogen-bond acceptors (Lipinski definition) is 3. The van der Waals surface area contributed by atoms with Gasteiger partial charge in [-0.3, -0.25) is 4.79 Å². The van der Waals surface area contributed by atoms with Crippen molar-refractivity contribution in [3.8, 4) is 0 Å². The van der Waals surface area contributed by atoms with Crippen molar-refractivity contribution in [1.82, 2.24) is 5.01 Å². The van der Waals surface area contributed by atoms with Crippen LogP contribution in [0.15, 0.2) is 41.5 Å². The number of rotatable bonds is 1. The third-order valence-electron chi connectivity index (χ3n) is 3.53. The minimum absolute atomic E-state index is 0.00162. The number of benzene rings is 1. The lowest BCUT2D eigenvalue weighted by Crippen LogP contribution is -2.17. The molecule has 4 rings (SSSR count). The van der Waals surface area contributed by atoms with Gasteiger partial charge in [0.1, 0.15) is 0 Å². The first-order valence-corrected chi connectivity index (χ1v) is 7.19. The molecule has 3 heterocycles. The molecule has 0 aliphatic carbocycles. The Labute approximate surface area is 119 Å². The number of hydrogen-bond donors (Lipinski definition) is 0. The molecule has 0 saturated heterocycles. The maximum absolute atomic E-state index is 12.3. The molecule has 0 saturated carbocycles. The molecule has 0 fully saturated rings. The first-order valence-electron chi connectivity index (χ1n) is 6.00.